The molecule has 3 rings (SSSR count). The van der Waals surface area contributed by atoms with Crippen LogP contribution in [0.2, 0.25) is 0 Å². The fraction of sp³-hybridized carbons (Fsp3) is 0.522. The van der Waals surface area contributed by atoms with Gasteiger partial charge in [-0.1, -0.05) is 74.4 Å². The van der Waals surface area contributed by atoms with Gasteiger partial charge in [-0.15, -0.1) is 0 Å². The van der Waals surface area contributed by atoms with Crippen molar-refractivity contribution in [2.24, 2.45) is 10.4 Å². The maximum absolute atomic E-state index is 4.95. The van der Waals surface area contributed by atoms with Crippen molar-refractivity contribution in [3.63, 3.8) is 0 Å². The van der Waals surface area contributed by atoms with Gasteiger partial charge in [-0.3, -0.25) is 0 Å². The molecular weight excluding hydrogens is 304 g/mol. The standard InChI is InChI=1S/C23H31N2/c1-21(2,3)15-10-14-11-16(22(4,5)6)13-18-19(14)17(12-15)24-20(25-18)23(7,8)9/h10-13H,1-9H3. The van der Waals surface area contributed by atoms with Gasteiger partial charge in [0.1, 0.15) is 5.84 Å². The molecule has 0 unspecified atom stereocenters. The van der Waals surface area contributed by atoms with Crippen LogP contribution in [0.3, 0.4) is 0 Å². The summed E-state index contributed by atoms with van der Waals surface area (Å²) in [4.78, 5) is 4.95. The van der Waals surface area contributed by atoms with E-state index in [0.717, 1.165) is 17.2 Å². The molecule has 0 saturated carbocycles. The number of hydrogen-bond donors (Lipinski definition) is 0. The van der Waals surface area contributed by atoms with E-state index < -0.39 is 0 Å². The molecule has 0 fully saturated rings. The second-order valence-electron chi connectivity index (χ2n) is 10.4. The Kier molecular flexibility index (Phi) is 3.83. The minimum Gasteiger partial charge on any atom is -0.232 e. The van der Waals surface area contributed by atoms with Crippen molar-refractivity contribution < 1.29 is 0 Å². The summed E-state index contributed by atoms with van der Waals surface area (Å²) in [6.45, 7) is 20.1. The van der Waals surface area contributed by atoms with E-state index in [9.17, 15) is 0 Å². The van der Waals surface area contributed by atoms with Crippen molar-refractivity contribution in [1.82, 2.24) is 5.32 Å². The first-order valence-electron chi connectivity index (χ1n) is 9.20. The van der Waals surface area contributed by atoms with E-state index in [0.29, 0.717) is 0 Å². The van der Waals surface area contributed by atoms with Gasteiger partial charge in [0.25, 0.3) is 0 Å². The molecule has 2 heteroatoms. The summed E-state index contributed by atoms with van der Waals surface area (Å²) in [6.07, 6.45) is 0. The van der Waals surface area contributed by atoms with Crippen LogP contribution in [0.5, 0.6) is 0 Å². The lowest BCUT2D eigenvalue weighted by Gasteiger charge is -2.29. The highest BCUT2D eigenvalue weighted by molar-refractivity contribution is 6.10. The Morgan fingerprint density at radius 3 is 1.52 bits per heavy atom. The van der Waals surface area contributed by atoms with Gasteiger partial charge in [0, 0.05) is 10.8 Å². The van der Waals surface area contributed by atoms with E-state index in [1.165, 1.54) is 21.9 Å². The summed E-state index contributed by atoms with van der Waals surface area (Å²) in [5.41, 5.74) is 4.90. The first-order chi connectivity index (χ1) is 11.3. The molecule has 0 amide bonds. The molecule has 2 aromatic rings. The summed E-state index contributed by atoms with van der Waals surface area (Å²) in [5, 5.41) is 7.39. The monoisotopic (exact) mass is 335 g/mol. The van der Waals surface area contributed by atoms with E-state index in [1.807, 2.05) is 0 Å². The van der Waals surface area contributed by atoms with E-state index in [2.05, 4.69) is 86.6 Å². The number of nitrogens with zero attached hydrogens (tertiary/aromatic N) is 2. The van der Waals surface area contributed by atoms with Gasteiger partial charge in [0.05, 0.1) is 11.4 Å². The molecule has 25 heavy (non-hydrogen) atoms. The third kappa shape index (κ3) is 3.31. The number of hydrogen-bond acceptors (Lipinski definition) is 1. The van der Waals surface area contributed by atoms with E-state index in [4.69, 9.17) is 10.3 Å². The molecule has 0 aromatic heterocycles. The van der Waals surface area contributed by atoms with Gasteiger partial charge < -0.3 is 0 Å². The van der Waals surface area contributed by atoms with Crippen LogP contribution in [0.15, 0.2) is 29.3 Å². The summed E-state index contributed by atoms with van der Waals surface area (Å²) in [5.74, 6) is 0.915. The first kappa shape index (κ1) is 18.0. The quantitative estimate of drug-likeness (QED) is 0.508. The van der Waals surface area contributed by atoms with Crippen LogP contribution in [0.25, 0.3) is 10.8 Å². The lowest BCUT2D eigenvalue weighted by atomic mass is 9.81. The molecule has 0 N–H and O–H groups in total. The number of aliphatic imine (C=N–C) groups is 1. The maximum Gasteiger partial charge on any atom is 0.135 e. The smallest absolute Gasteiger partial charge is 0.135 e. The second-order valence-corrected chi connectivity index (χ2v) is 10.4. The average molecular weight is 336 g/mol. The normalized spacial score (nSPS) is 15.2. The van der Waals surface area contributed by atoms with Crippen molar-refractivity contribution >= 4 is 28.0 Å². The van der Waals surface area contributed by atoms with Crippen molar-refractivity contribution in [1.29, 1.82) is 0 Å². The van der Waals surface area contributed by atoms with Gasteiger partial charge in [-0.25, -0.2) is 10.3 Å². The second kappa shape index (κ2) is 5.33. The lowest BCUT2D eigenvalue weighted by molar-refractivity contribution is 0.573. The van der Waals surface area contributed by atoms with Gasteiger partial charge in [0.2, 0.25) is 0 Å². The van der Waals surface area contributed by atoms with E-state index in [1.54, 1.807) is 0 Å². The first-order valence-corrected chi connectivity index (χ1v) is 9.20. The largest absolute Gasteiger partial charge is 0.232 e. The van der Waals surface area contributed by atoms with Crippen molar-refractivity contribution in [2.75, 3.05) is 0 Å². The Morgan fingerprint density at radius 1 is 0.600 bits per heavy atom. The molecule has 0 bridgehead atoms. The Labute approximate surface area is 152 Å². The molecule has 0 atom stereocenters. The maximum atomic E-state index is 4.95. The van der Waals surface area contributed by atoms with E-state index in [-0.39, 0.29) is 16.2 Å². The van der Waals surface area contributed by atoms with Gasteiger partial charge in [0.15, 0.2) is 0 Å². The highest BCUT2D eigenvalue weighted by Crippen LogP contribution is 2.43. The highest BCUT2D eigenvalue weighted by atomic mass is 15.0. The minimum atomic E-state index is -0.0700. The predicted octanol–water partition coefficient (Wildman–Crippen LogP) is 6.76. The Hall–Kier alpha value is -1.83. The zero-order chi connectivity index (χ0) is 18.8. The van der Waals surface area contributed by atoms with Gasteiger partial charge >= 0.3 is 0 Å². The number of rotatable bonds is 0. The summed E-state index contributed by atoms with van der Waals surface area (Å²) in [6, 6.07) is 9.15. The molecule has 1 heterocycles. The van der Waals surface area contributed by atoms with Crippen LogP contribution >= 0.6 is 0 Å². The van der Waals surface area contributed by atoms with Crippen LogP contribution in [0, 0.1) is 5.41 Å². The number of amidine groups is 1. The molecule has 1 aliphatic rings. The highest BCUT2D eigenvalue weighted by Gasteiger charge is 2.28. The molecule has 2 nitrogen and oxygen atoms in total. The molecule has 2 aromatic carbocycles. The topological polar surface area (TPSA) is 26.5 Å². The SMILES string of the molecule is CC(C)(C)C1=Nc2cc(C(C)(C)C)cc3cc(C(C)(C)C)cc(c23)[N]1. The Balaban J connectivity index is 2.37. The third-order valence-corrected chi connectivity index (χ3v) is 4.86. The van der Waals surface area contributed by atoms with Crippen LogP contribution in [-0.2, 0) is 10.8 Å². The van der Waals surface area contributed by atoms with Crippen LogP contribution in [0.1, 0.15) is 73.4 Å². The molecule has 0 saturated heterocycles. The number of benzene rings is 2. The Bertz CT molecular complexity index is 861. The molecule has 0 aliphatic carbocycles. The summed E-state index contributed by atoms with van der Waals surface area (Å²) in [7, 11) is 0. The average Bonchev–Trinajstić information content (AvgIpc) is 2.43. The fourth-order valence-corrected chi connectivity index (χ4v) is 3.10. The van der Waals surface area contributed by atoms with Crippen molar-refractivity contribution in [3.05, 3.63) is 35.4 Å². The molecule has 0 spiro atoms. The Morgan fingerprint density at radius 2 is 1.08 bits per heavy atom. The lowest BCUT2D eigenvalue weighted by Crippen LogP contribution is -2.29. The van der Waals surface area contributed by atoms with E-state index >= 15 is 0 Å². The van der Waals surface area contributed by atoms with Crippen LogP contribution < -0.4 is 5.32 Å². The molecule has 133 valence electrons. The molecule has 1 aliphatic heterocycles. The van der Waals surface area contributed by atoms with Crippen LogP contribution in [0.4, 0.5) is 11.4 Å². The summed E-state index contributed by atoms with van der Waals surface area (Å²) < 4.78 is 0. The fourth-order valence-electron chi connectivity index (χ4n) is 3.10. The zero-order valence-corrected chi connectivity index (χ0v) is 17.2. The van der Waals surface area contributed by atoms with Gasteiger partial charge in [-0.2, -0.15) is 0 Å². The summed E-state index contributed by atoms with van der Waals surface area (Å²) >= 11 is 0. The van der Waals surface area contributed by atoms with Crippen molar-refractivity contribution in [2.45, 2.75) is 73.1 Å². The zero-order valence-electron chi connectivity index (χ0n) is 17.2. The van der Waals surface area contributed by atoms with Gasteiger partial charge in [-0.05, 0) is 39.5 Å². The third-order valence-electron chi connectivity index (χ3n) is 4.86. The van der Waals surface area contributed by atoms with Crippen LogP contribution in [-0.4, -0.2) is 5.84 Å². The predicted molar refractivity (Wildman–Crippen MR) is 110 cm³/mol. The molecular formula is C23H31N2. The van der Waals surface area contributed by atoms with Crippen molar-refractivity contribution in [3.8, 4) is 0 Å². The minimum absolute atomic E-state index is 0.0700. The molecule has 1 radical (unpaired) electrons.